The molecule has 0 radical (unpaired) electrons. The van der Waals surface area contributed by atoms with Gasteiger partial charge in [0, 0.05) is 24.5 Å². The molecule has 0 aromatic carbocycles. The number of aromatic nitrogens is 1. The molecule has 0 aliphatic carbocycles. The normalized spacial score (nSPS) is 10.7. The van der Waals surface area contributed by atoms with Crippen molar-refractivity contribution < 1.29 is 0 Å². The highest BCUT2D eigenvalue weighted by molar-refractivity contribution is 5.83. The summed E-state index contributed by atoms with van der Waals surface area (Å²) in [4.78, 5) is 7.10. The Balaban J connectivity index is 3.11. The van der Waals surface area contributed by atoms with Gasteiger partial charge in [0.1, 0.15) is 0 Å². The molecule has 0 aliphatic heterocycles. The summed E-state index contributed by atoms with van der Waals surface area (Å²) in [7, 11) is 1.75. The van der Waals surface area contributed by atoms with E-state index in [1.807, 2.05) is 19.1 Å². The molecule has 58 valence electrons. The highest BCUT2D eigenvalue weighted by atomic mass is 14.8. The van der Waals surface area contributed by atoms with Gasteiger partial charge in [0.05, 0.1) is 5.69 Å². The zero-order valence-electron chi connectivity index (χ0n) is 6.89. The fourth-order valence-electron chi connectivity index (χ4n) is 1.04. The Morgan fingerprint density at radius 1 is 1.64 bits per heavy atom. The number of hydrogen-bond donors (Lipinski definition) is 1. The molecule has 0 saturated carbocycles. The molecule has 0 saturated heterocycles. The Bertz CT molecular complexity index is 282. The first kappa shape index (κ1) is 7.79. The predicted octanol–water partition coefficient (Wildman–Crippen LogP) is 2.01. The van der Waals surface area contributed by atoms with Crippen molar-refractivity contribution in [1.29, 1.82) is 0 Å². The Labute approximate surface area is 66.7 Å². The fraction of sp³-hybridized carbons (Fsp3) is 0.222. The highest BCUT2D eigenvalue weighted by Crippen LogP contribution is 2.09. The number of nitrogens with zero attached hydrogens (tertiary/aromatic N) is 1. The summed E-state index contributed by atoms with van der Waals surface area (Å²) in [6.07, 6.45) is 3.62. The SMILES string of the molecule is C=Cc1cc(C)[nH]c1C=NC. The quantitative estimate of drug-likeness (QED) is 0.621. The van der Waals surface area contributed by atoms with E-state index in [9.17, 15) is 0 Å². The summed E-state index contributed by atoms with van der Waals surface area (Å²) in [5, 5.41) is 0. The van der Waals surface area contributed by atoms with Gasteiger partial charge in [-0.3, -0.25) is 4.99 Å². The lowest BCUT2D eigenvalue weighted by Gasteiger charge is -1.87. The molecule has 1 rings (SSSR count). The van der Waals surface area contributed by atoms with E-state index in [-0.39, 0.29) is 0 Å². The highest BCUT2D eigenvalue weighted by Gasteiger charge is 1.98. The van der Waals surface area contributed by atoms with E-state index < -0.39 is 0 Å². The van der Waals surface area contributed by atoms with Crippen molar-refractivity contribution in [1.82, 2.24) is 4.98 Å². The van der Waals surface area contributed by atoms with Crippen molar-refractivity contribution in [2.45, 2.75) is 6.92 Å². The van der Waals surface area contributed by atoms with Gasteiger partial charge in [0.15, 0.2) is 0 Å². The minimum absolute atomic E-state index is 1.03. The van der Waals surface area contributed by atoms with E-state index in [1.165, 1.54) is 0 Å². The van der Waals surface area contributed by atoms with Crippen LogP contribution in [0.25, 0.3) is 6.08 Å². The number of H-pyrrole nitrogens is 1. The van der Waals surface area contributed by atoms with Crippen molar-refractivity contribution in [3.05, 3.63) is 29.6 Å². The molecule has 0 amide bonds. The summed E-state index contributed by atoms with van der Waals surface area (Å²) in [5.74, 6) is 0. The van der Waals surface area contributed by atoms with E-state index in [1.54, 1.807) is 13.3 Å². The second kappa shape index (κ2) is 3.19. The van der Waals surface area contributed by atoms with Crippen LogP contribution in [0.1, 0.15) is 17.0 Å². The minimum Gasteiger partial charge on any atom is -0.357 e. The average molecular weight is 148 g/mol. The van der Waals surface area contributed by atoms with Gasteiger partial charge in [-0.1, -0.05) is 12.7 Å². The summed E-state index contributed by atoms with van der Waals surface area (Å²) in [5.41, 5.74) is 3.27. The molecule has 1 aromatic rings. The van der Waals surface area contributed by atoms with Crippen LogP contribution in [-0.4, -0.2) is 18.2 Å². The Morgan fingerprint density at radius 3 is 2.91 bits per heavy atom. The molecular weight excluding hydrogens is 136 g/mol. The second-order valence-corrected chi connectivity index (χ2v) is 2.41. The fourth-order valence-corrected chi connectivity index (χ4v) is 1.04. The predicted molar refractivity (Wildman–Crippen MR) is 49.1 cm³/mol. The van der Waals surface area contributed by atoms with Crippen molar-refractivity contribution in [2.24, 2.45) is 4.99 Å². The zero-order chi connectivity index (χ0) is 8.27. The van der Waals surface area contributed by atoms with Crippen molar-refractivity contribution in [3.63, 3.8) is 0 Å². The maximum absolute atomic E-state index is 3.92. The lowest BCUT2D eigenvalue weighted by Crippen LogP contribution is -1.83. The summed E-state index contributed by atoms with van der Waals surface area (Å²) in [6, 6.07) is 2.05. The number of aromatic amines is 1. The van der Waals surface area contributed by atoms with E-state index in [0.717, 1.165) is 17.0 Å². The molecule has 2 heteroatoms. The lowest BCUT2D eigenvalue weighted by molar-refractivity contribution is 1.25. The average Bonchev–Trinajstić information content (AvgIpc) is 2.32. The molecule has 11 heavy (non-hydrogen) atoms. The van der Waals surface area contributed by atoms with Crippen LogP contribution >= 0.6 is 0 Å². The summed E-state index contributed by atoms with van der Waals surface area (Å²) in [6.45, 7) is 5.72. The van der Waals surface area contributed by atoms with E-state index in [4.69, 9.17) is 0 Å². The number of aliphatic imine (C=N–C) groups is 1. The molecule has 0 unspecified atom stereocenters. The molecule has 1 N–H and O–H groups in total. The number of nitrogens with one attached hydrogen (secondary N) is 1. The molecule has 1 aromatic heterocycles. The molecule has 0 aliphatic rings. The molecule has 0 fully saturated rings. The molecule has 2 nitrogen and oxygen atoms in total. The summed E-state index contributed by atoms with van der Waals surface area (Å²) < 4.78 is 0. The number of rotatable bonds is 2. The molecule has 1 heterocycles. The van der Waals surface area contributed by atoms with E-state index >= 15 is 0 Å². The number of aryl methyl sites for hydroxylation is 1. The Morgan fingerprint density at radius 2 is 2.36 bits per heavy atom. The van der Waals surface area contributed by atoms with Crippen molar-refractivity contribution in [2.75, 3.05) is 7.05 Å². The third kappa shape index (κ3) is 1.58. The maximum atomic E-state index is 3.92. The van der Waals surface area contributed by atoms with Crippen LogP contribution in [0.15, 0.2) is 17.6 Å². The molecular formula is C9H12N2. The first-order chi connectivity index (χ1) is 5.27. The molecule has 0 atom stereocenters. The van der Waals surface area contributed by atoms with Crippen LogP contribution in [0.5, 0.6) is 0 Å². The maximum Gasteiger partial charge on any atom is 0.0637 e. The molecule has 0 spiro atoms. The van der Waals surface area contributed by atoms with Gasteiger partial charge in [0.2, 0.25) is 0 Å². The van der Waals surface area contributed by atoms with Gasteiger partial charge in [0.25, 0.3) is 0 Å². The zero-order valence-corrected chi connectivity index (χ0v) is 6.89. The van der Waals surface area contributed by atoms with Crippen LogP contribution in [0.3, 0.4) is 0 Å². The Hall–Kier alpha value is -1.31. The first-order valence-electron chi connectivity index (χ1n) is 3.52. The second-order valence-electron chi connectivity index (χ2n) is 2.41. The topological polar surface area (TPSA) is 28.1 Å². The monoisotopic (exact) mass is 148 g/mol. The number of hydrogen-bond acceptors (Lipinski definition) is 1. The van der Waals surface area contributed by atoms with Crippen LogP contribution in [-0.2, 0) is 0 Å². The van der Waals surface area contributed by atoms with Crippen molar-refractivity contribution in [3.8, 4) is 0 Å². The van der Waals surface area contributed by atoms with Gasteiger partial charge in [-0.05, 0) is 13.0 Å². The van der Waals surface area contributed by atoms with Crippen LogP contribution in [0, 0.1) is 6.92 Å². The van der Waals surface area contributed by atoms with Gasteiger partial charge in [-0.25, -0.2) is 0 Å². The largest absolute Gasteiger partial charge is 0.357 e. The summed E-state index contributed by atoms with van der Waals surface area (Å²) >= 11 is 0. The van der Waals surface area contributed by atoms with E-state index in [2.05, 4.69) is 16.6 Å². The van der Waals surface area contributed by atoms with Crippen LogP contribution < -0.4 is 0 Å². The minimum atomic E-state index is 1.03. The van der Waals surface area contributed by atoms with Crippen molar-refractivity contribution >= 4 is 12.3 Å². The van der Waals surface area contributed by atoms with Crippen LogP contribution in [0.4, 0.5) is 0 Å². The Kier molecular flexibility index (Phi) is 2.26. The van der Waals surface area contributed by atoms with Gasteiger partial charge < -0.3 is 4.98 Å². The lowest BCUT2D eigenvalue weighted by atomic mass is 10.2. The van der Waals surface area contributed by atoms with Crippen LogP contribution in [0.2, 0.25) is 0 Å². The smallest absolute Gasteiger partial charge is 0.0637 e. The third-order valence-corrected chi connectivity index (χ3v) is 1.49. The van der Waals surface area contributed by atoms with Gasteiger partial charge in [-0.15, -0.1) is 0 Å². The van der Waals surface area contributed by atoms with Gasteiger partial charge in [-0.2, -0.15) is 0 Å². The standard InChI is InChI=1S/C9H12N2/c1-4-8-5-7(2)11-9(8)6-10-3/h4-6,11H,1H2,2-3H3. The van der Waals surface area contributed by atoms with E-state index in [0.29, 0.717) is 0 Å². The third-order valence-electron chi connectivity index (χ3n) is 1.49. The van der Waals surface area contributed by atoms with Gasteiger partial charge >= 0.3 is 0 Å². The first-order valence-corrected chi connectivity index (χ1v) is 3.52. The molecule has 0 bridgehead atoms.